The number of sulfonamides is 1. The summed E-state index contributed by atoms with van der Waals surface area (Å²) in [7, 11) is -1.40. The van der Waals surface area contributed by atoms with Gasteiger partial charge in [-0.15, -0.1) is 0 Å². The molecule has 1 aromatic heterocycles. The second-order valence-corrected chi connectivity index (χ2v) is 10.3. The van der Waals surface area contributed by atoms with Gasteiger partial charge < -0.3 is 4.57 Å². The topological polar surface area (TPSA) is 63.4 Å². The van der Waals surface area contributed by atoms with Crippen molar-refractivity contribution in [2.45, 2.75) is 19.3 Å². The van der Waals surface area contributed by atoms with Gasteiger partial charge >= 0.3 is 0 Å². The number of hydrogen-bond donors (Lipinski definition) is 0. The van der Waals surface area contributed by atoms with Gasteiger partial charge in [-0.25, -0.2) is 13.1 Å². The Labute approximate surface area is 188 Å². The third-order valence-electron chi connectivity index (χ3n) is 5.60. The van der Waals surface area contributed by atoms with Gasteiger partial charge in [-0.2, -0.15) is 9.40 Å². The number of aryl methyl sites for hydroxylation is 1. The van der Waals surface area contributed by atoms with Gasteiger partial charge in [0.2, 0.25) is 10.0 Å². The summed E-state index contributed by atoms with van der Waals surface area (Å²) in [6.45, 7) is 4.84. The summed E-state index contributed by atoms with van der Waals surface area (Å²) in [5.74, 6) is 0.869. The van der Waals surface area contributed by atoms with Crippen molar-refractivity contribution in [3.05, 3.63) is 70.5 Å². The van der Waals surface area contributed by atoms with E-state index in [0.717, 1.165) is 17.0 Å². The van der Waals surface area contributed by atoms with Crippen LogP contribution in [0, 0.1) is 11.7 Å². The van der Waals surface area contributed by atoms with Gasteiger partial charge in [0.15, 0.2) is 10.6 Å². The van der Waals surface area contributed by atoms with Crippen LogP contribution in [0.2, 0.25) is 0 Å². The lowest BCUT2D eigenvalue weighted by Gasteiger charge is -2.33. The minimum absolute atomic E-state index is 0.0407. The van der Waals surface area contributed by atoms with Crippen LogP contribution in [0.15, 0.2) is 54.6 Å². The Morgan fingerprint density at radius 2 is 1.61 bits per heavy atom. The Kier molecular flexibility index (Phi) is 6.38. The SMILES string of the molecule is Cc1ccc(-c2nn(CN3CCN(S(=O)(=O)Cc4ccccc4)CC3)c(=S)n2C)cc1. The molecular formula is C22H27N5O2S2. The minimum atomic E-state index is -3.32. The quantitative estimate of drug-likeness (QED) is 0.533. The van der Waals surface area contributed by atoms with Crippen LogP contribution in [0.25, 0.3) is 11.4 Å². The molecule has 0 spiro atoms. The Hall–Kier alpha value is -2.33. The summed E-state index contributed by atoms with van der Waals surface area (Å²) in [6, 6.07) is 17.5. The fraction of sp³-hybridized carbons (Fsp3) is 0.364. The van der Waals surface area contributed by atoms with E-state index >= 15 is 0 Å². The maximum Gasteiger partial charge on any atom is 0.218 e. The van der Waals surface area contributed by atoms with E-state index in [1.807, 2.05) is 58.8 Å². The van der Waals surface area contributed by atoms with Crippen molar-refractivity contribution in [1.82, 2.24) is 23.6 Å². The lowest BCUT2D eigenvalue weighted by molar-refractivity contribution is 0.144. The first kappa shape index (κ1) is 21.9. The third-order valence-corrected chi connectivity index (χ3v) is 7.94. The highest BCUT2D eigenvalue weighted by Crippen LogP contribution is 2.19. The summed E-state index contributed by atoms with van der Waals surface area (Å²) in [5.41, 5.74) is 3.03. The molecule has 1 saturated heterocycles. The van der Waals surface area contributed by atoms with Crippen LogP contribution in [-0.2, 0) is 29.5 Å². The molecule has 0 bridgehead atoms. The van der Waals surface area contributed by atoms with E-state index in [1.165, 1.54) is 5.56 Å². The average Bonchev–Trinajstić information content (AvgIpc) is 3.04. The Bertz CT molecular complexity index is 1190. The van der Waals surface area contributed by atoms with Gasteiger partial charge in [-0.05, 0) is 24.7 Å². The van der Waals surface area contributed by atoms with Crippen molar-refractivity contribution < 1.29 is 8.42 Å². The lowest BCUT2D eigenvalue weighted by atomic mass is 10.1. The highest BCUT2D eigenvalue weighted by Gasteiger charge is 2.27. The molecule has 0 atom stereocenters. The number of hydrogen-bond acceptors (Lipinski definition) is 5. The maximum atomic E-state index is 12.8. The van der Waals surface area contributed by atoms with E-state index in [-0.39, 0.29) is 5.75 Å². The molecule has 0 radical (unpaired) electrons. The minimum Gasteiger partial charge on any atom is -0.303 e. The summed E-state index contributed by atoms with van der Waals surface area (Å²) < 4.78 is 31.5. The lowest BCUT2D eigenvalue weighted by Crippen LogP contribution is -2.49. The maximum absolute atomic E-state index is 12.8. The van der Waals surface area contributed by atoms with E-state index in [2.05, 4.69) is 24.0 Å². The van der Waals surface area contributed by atoms with Crippen LogP contribution in [0.1, 0.15) is 11.1 Å². The Morgan fingerprint density at radius 3 is 2.26 bits per heavy atom. The van der Waals surface area contributed by atoms with Gasteiger partial charge in [0.1, 0.15) is 0 Å². The molecule has 0 aliphatic carbocycles. The van der Waals surface area contributed by atoms with Crippen LogP contribution in [0.4, 0.5) is 0 Å². The molecule has 1 fully saturated rings. The first-order valence-electron chi connectivity index (χ1n) is 10.3. The Balaban J connectivity index is 1.41. The zero-order valence-electron chi connectivity index (χ0n) is 17.8. The van der Waals surface area contributed by atoms with Crippen molar-refractivity contribution >= 4 is 22.2 Å². The number of aromatic nitrogens is 3. The number of rotatable bonds is 6. The highest BCUT2D eigenvalue weighted by atomic mass is 32.2. The first-order valence-corrected chi connectivity index (χ1v) is 12.3. The second kappa shape index (κ2) is 9.04. The van der Waals surface area contributed by atoms with Gasteiger partial charge in [0.25, 0.3) is 0 Å². The summed E-state index contributed by atoms with van der Waals surface area (Å²) >= 11 is 5.59. The molecule has 2 heterocycles. The molecular weight excluding hydrogens is 430 g/mol. The zero-order valence-corrected chi connectivity index (χ0v) is 19.4. The summed E-state index contributed by atoms with van der Waals surface area (Å²) in [5, 5.41) is 4.73. The van der Waals surface area contributed by atoms with Gasteiger partial charge in [0.05, 0.1) is 12.4 Å². The molecule has 0 N–H and O–H groups in total. The normalized spacial score (nSPS) is 15.9. The molecule has 31 heavy (non-hydrogen) atoms. The standard InChI is InChI=1S/C22H27N5O2S2/c1-18-8-10-20(11-9-18)21-23-27(22(30)24(21)2)17-25-12-14-26(15-13-25)31(28,29)16-19-6-4-3-5-7-19/h3-11H,12-17H2,1-2H3. The van der Waals surface area contributed by atoms with Crippen molar-refractivity contribution in [2.75, 3.05) is 26.2 Å². The Morgan fingerprint density at radius 1 is 0.968 bits per heavy atom. The van der Waals surface area contributed by atoms with E-state index in [9.17, 15) is 8.42 Å². The van der Waals surface area contributed by atoms with Crippen LogP contribution in [0.3, 0.4) is 0 Å². The van der Waals surface area contributed by atoms with Crippen LogP contribution < -0.4 is 0 Å². The molecule has 0 unspecified atom stereocenters. The fourth-order valence-electron chi connectivity index (χ4n) is 3.75. The molecule has 2 aromatic carbocycles. The second-order valence-electron chi connectivity index (χ2n) is 7.93. The van der Waals surface area contributed by atoms with Crippen LogP contribution in [0.5, 0.6) is 0 Å². The van der Waals surface area contributed by atoms with E-state index in [4.69, 9.17) is 17.3 Å². The van der Waals surface area contributed by atoms with Gasteiger partial charge in [0, 0.05) is 38.8 Å². The van der Waals surface area contributed by atoms with E-state index < -0.39 is 10.0 Å². The largest absolute Gasteiger partial charge is 0.303 e. The van der Waals surface area contributed by atoms with Gasteiger partial charge in [-0.3, -0.25) is 4.90 Å². The highest BCUT2D eigenvalue weighted by molar-refractivity contribution is 7.88. The monoisotopic (exact) mass is 457 g/mol. The molecule has 1 aliphatic heterocycles. The van der Waals surface area contributed by atoms with Crippen LogP contribution >= 0.6 is 12.2 Å². The number of piperazine rings is 1. The smallest absolute Gasteiger partial charge is 0.218 e. The molecule has 1 aliphatic rings. The average molecular weight is 458 g/mol. The van der Waals surface area contributed by atoms with Crippen molar-refractivity contribution in [1.29, 1.82) is 0 Å². The summed E-state index contributed by atoms with van der Waals surface area (Å²) in [4.78, 5) is 2.19. The van der Waals surface area contributed by atoms with Crippen LogP contribution in [-0.4, -0.2) is 58.1 Å². The van der Waals surface area contributed by atoms with E-state index in [1.54, 1.807) is 4.31 Å². The third kappa shape index (κ3) is 4.95. The zero-order chi connectivity index (χ0) is 22.0. The fourth-order valence-corrected chi connectivity index (χ4v) is 5.45. The summed E-state index contributed by atoms with van der Waals surface area (Å²) in [6.07, 6.45) is 0. The van der Waals surface area contributed by atoms with Crippen molar-refractivity contribution in [3.8, 4) is 11.4 Å². The molecule has 4 rings (SSSR count). The molecule has 0 saturated carbocycles. The van der Waals surface area contributed by atoms with Crippen molar-refractivity contribution in [3.63, 3.8) is 0 Å². The molecule has 9 heteroatoms. The molecule has 0 amide bonds. The predicted octanol–water partition coefficient (Wildman–Crippen LogP) is 3.03. The molecule has 3 aromatic rings. The van der Waals surface area contributed by atoms with E-state index in [0.29, 0.717) is 37.6 Å². The predicted molar refractivity (Wildman–Crippen MR) is 124 cm³/mol. The molecule has 164 valence electrons. The first-order chi connectivity index (χ1) is 14.8. The van der Waals surface area contributed by atoms with Crippen molar-refractivity contribution in [2.24, 2.45) is 7.05 Å². The number of nitrogens with zero attached hydrogens (tertiary/aromatic N) is 5. The number of benzene rings is 2. The molecule has 7 nitrogen and oxygen atoms in total. The van der Waals surface area contributed by atoms with Gasteiger partial charge in [-0.1, -0.05) is 60.2 Å².